The van der Waals surface area contributed by atoms with E-state index in [1.165, 1.54) is 17.1 Å². The predicted molar refractivity (Wildman–Crippen MR) is 129 cm³/mol. The van der Waals surface area contributed by atoms with E-state index in [1.807, 2.05) is 63.2 Å². The van der Waals surface area contributed by atoms with Crippen LogP contribution in [0.15, 0.2) is 47.4 Å². The van der Waals surface area contributed by atoms with Crippen molar-refractivity contribution in [2.75, 3.05) is 13.1 Å². The molecular formula is C26H36N2O3S. The minimum atomic E-state index is -3.82. The first-order valence-electron chi connectivity index (χ1n) is 11.7. The molecule has 0 aromatic heterocycles. The number of carbonyl (C=O) groups excluding carboxylic acids is 1. The topological polar surface area (TPSA) is 66.5 Å². The van der Waals surface area contributed by atoms with Crippen LogP contribution in [0.25, 0.3) is 0 Å². The Morgan fingerprint density at radius 1 is 0.969 bits per heavy atom. The van der Waals surface area contributed by atoms with Gasteiger partial charge < -0.3 is 5.32 Å². The minimum absolute atomic E-state index is 0.145. The molecule has 6 heteroatoms. The quantitative estimate of drug-likeness (QED) is 0.586. The van der Waals surface area contributed by atoms with Gasteiger partial charge >= 0.3 is 0 Å². The van der Waals surface area contributed by atoms with Gasteiger partial charge in [-0.25, -0.2) is 8.42 Å². The summed E-state index contributed by atoms with van der Waals surface area (Å²) >= 11 is 0. The van der Waals surface area contributed by atoms with Crippen molar-refractivity contribution in [3.8, 4) is 0 Å². The Kier molecular flexibility index (Phi) is 8.49. The Labute approximate surface area is 193 Å². The number of carbonyl (C=O) groups is 1. The normalized spacial score (nSPS) is 15.5. The summed E-state index contributed by atoms with van der Waals surface area (Å²) in [5.74, 6) is -0.212. The van der Waals surface area contributed by atoms with Gasteiger partial charge in [0.1, 0.15) is 0 Å². The summed E-state index contributed by atoms with van der Waals surface area (Å²) in [5.41, 5.74) is 3.52. The van der Waals surface area contributed by atoms with Crippen LogP contribution in [0, 0.1) is 20.8 Å². The highest BCUT2D eigenvalue weighted by atomic mass is 32.2. The van der Waals surface area contributed by atoms with Crippen LogP contribution in [0.3, 0.4) is 0 Å². The van der Waals surface area contributed by atoms with E-state index in [-0.39, 0.29) is 25.0 Å². The summed E-state index contributed by atoms with van der Waals surface area (Å²) in [6.45, 7) is 5.72. The number of nitrogens with zero attached hydrogens (tertiary/aromatic N) is 1. The summed E-state index contributed by atoms with van der Waals surface area (Å²) in [6, 6.07) is 13.7. The van der Waals surface area contributed by atoms with E-state index >= 15 is 0 Å². The van der Waals surface area contributed by atoms with Crippen LogP contribution in [0.2, 0.25) is 0 Å². The Hall–Kier alpha value is -2.18. The number of aryl methyl sites for hydroxylation is 3. The summed E-state index contributed by atoms with van der Waals surface area (Å²) in [4.78, 5) is 13.2. The molecule has 32 heavy (non-hydrogen) atoms. The molecule has 0 radical (unpaired) electrons. The van der Waals surface area contributed by atoms with Crippen LogP contribution < -0.4 is 5.32 Å². The van der Waals surface area contributed by atoms with Gasteiger partial charge in [-0.15, -0.1) is 0 Å². The van der Waals surface area contributed by atoms with Crippen molar-refractivity contribution in [3.63, 3.8) is 0 Å². The second-order valence-corrected chi connectivity index (χ2v) is 10.9. The van der Waals surface area contributed by atoms with E-state index in [9.17, 15) is 13.2 Å². The zero-order valence-corrected chi connectivity index (χ0v) is 20.4. The van der Waals surface area contributed by atoms with Crippen molar-refractivity contribution < 1.29 is 13.2 Å². The second-order valence-electron chi connectivity index (χ2n) is 9.06. The Balaban J connectivity index is 1.83. The molecule has 1 fully saturated rings. The molecule has 0 unspecified atom stereocenters. The largest absolute Gasteiger partial charge is 0.352 e. The molecule has 0 heterocycles. The molecule has 1 aliphatic carbocycles. The average Bonchev–Trinajstić information content (AvgIpc) is 2.99. The van der Waals surface area contributed by atoms with Crippen molar-refractivity contribution in [3.05, 3.63) is 64.7 Å². The van der Waals surface area contributed by atoms with Crippen LogP contribution in [0.5, 0.6) is 0 Å². The lowest BCUT2D eigenvalue weighted by molar-refractivity contribution is -0.122. The smallest absolute Gasteiger partial charge is 0.244 e. The maximum absolute atomic E-state index is 13.7. The van der Waals surface area contributed by atoms with Gasteiger partial charge in [-0.3, -0.25) is 4.79 Å². The minimum Gasteiger partial charge on any atom is -0.352 e. The summed E-state index contributed by atoms with van der Waals surface area (Å²) in [6.07, 6.45) is 7.13. The lowest BCUT2D eigenvalue weighted by Gasteiger charge is -2.25. The molecule has 2 aromatic carbocycles. The molecule has 1 amide bonds. The molecule has 0 atom stereocenters. The standard InChI is InChI=1S/C26H36N2O3S/c1-20-17-21(2)26(22(3)18-20)32(30,31)28(16-15-23-11-7-6-8-12-23)19-25(29)27-24-13-9-4-5-10-14-24/h6-8,11-12,17-18,24H,4-5,9-10,13-16,19H2,1-3H3,(H,27,29). The number of amides is 1. The maximum Gasteiger partial charge on any atom is 0.244 e. The monoisotopic (exact) mass is 456 g/mol. The molecule has 0 spiro atoms. The Bertz CT molecular complexity index is 988. The fourth-order valence-corrected chi connectivity index (χ4v) is 6.55. The molecule has 0 aliphatic heterocycles. The first-order chi connectivity index (χ1) is 15.3. The zero-order valence-electron chi connectivity index (χ0n) is 19.6. The van der Waals surface area contributed by atoms with E-state index < -0.39 is 10.0 Å². The summed E-state index contributed by atoms with van der Waals surface area (Å²) < 4.78 is 28.8. The third-order valence-electron chi connectivity index (χ3n) is 6.24. The lowest BCUT2D eigenvalue weighted by atomic mass is 10.1. The number of nitrogens with one attached hydrogen (secondary N) is 1. The highest BCUT2D eigenvalue weighted by molar-refractivity contribution is 7.89. The highest BCUT2D eigenvalue weighted by Gasteiger charge is 2.30. The SMILES string of the molecule is Cc1cc(C)c(S(=O)(=O)N(CCc2ccccc2)CC(=O)NC2CCCCCC2)c(C)c1. The first kappa shape index (κ1) is 24.5. The third-order valence-corrected chi connectivity index (χ3v) is 8.39. The van der Waals surface area contributed by atoms with Crippen molar-refractivity contribution >= 4 is 15.9 Å². The summed E-state index contributed by atoms with van der Waals surface area (Å²) in [5, 5.41) is 3.10. The molecule has 0 saturated heterocycles. The number of benzene rings is 2. The molecule has 0 bridgehead atoms. The van der Waals surface area contributed by atoms with E-state index in [4.69, 9.17) is 0 Å². The molecule has 5 nitrogen and oxygen atoms in total. The van der Waals surface area contributed by atoms with E-state index in [0.29, 0.717) is 11.3 Å². The Morgan fingerprint density at radius 3 is 2.16 bits per heavy atom. The van der Waals surface area contributed by atoms with Crippen molar-refractivity contribution in [1.82, 2.24) is 9.62 Å². The molecule has 1 N–H and O–H groups in total. The Morgan fingerprint density at radius 2 is 1.56 bits per heavy atom. The number of hydrogen-bond acceptors (Lipinski definition) is 3. The third kappa shape index (κ3) is 6.42. The highest BCUT2D eigenvalue weighted by Crippen LogP contribution is 2.26. The van der Waals surface area contributed by atoms with Gasteiger partial charge in [0.2, 0.25) is 15.9 Å². The van der Waals surface area contributed by atoms with Gasteiger partial charge in [0.05, 0.1) is 11.4 Å². The second kappa shape index (κ2) is 11.1. The lowest BCUT2D eigenvalue weighted by Crippen LogP contribution is -2.45. The van der Waals surface area contributed by atoms with Crippen LogP contribution in [-0.2, 0) is 21.2 Å². The molecule has 1 aliphatic rings. The molecular weight excluding hydrogens is 420 g/mol. The molecule has 174 valence electrons. The molecule has 2 aromatic rings. The van der Waals surface area contributed by atoms with Crippen LogP contribution in [0.1, 0.15) is 60.8 Å². The van der Waals surface area contributed by atoms with Gasteiger partial charge in [-0.2, -0.15) is 4.31 Å². The van der Waals surface area contributed by atoms with Crippen LogP contribution in [0.4, 0.5) is 0 Å². The first-order valence-corrected chi connectivity index (χ1v) is 13.1. The van der Waals surface area contributed by atoms with Crippen LogP contribution in [-0.4, -0.2) is 37.8 Å². The predicted octanol–water partition coefficient (Wildman–Crippen LogP) is 4.68. The van der Waals surface area contributed by atoms with Crippen molar-refractivity contribution in [2.24, 2.45) is 0 Å². The molecule has 3 rings (SSSR count). The maximum atomic E-state index is 13.7. The summed E-state index contributed by atoms with van der Waals surface area (Å²) in [7, 11) is -3.82. The van der Waals surface area contributed by atoms with Gasteiger partial charge in [-0.05, 0) is 56.7 Å². The fourth-order valence-electron chi connectivity index (χ4n) is 4.74. The van der Waals surface area contributed by atoms with Crippen molar-refractivity contribution in [1.29, 1.82) is 0 Å². The number of sulfonamides is 1. The fraction of sp³-hybridized carbons (Fsp3) is 0.500. The number of hydrogen-bond donors (Lipinski definition) is 1. The van der Waals surface area contributed by atoms with Gasteiger partial charge in [0.25, 0.3) is 0 Å². The number of rotatable bonds is 8. The average molecular weight is 457 g/mol. The van der Waals surface area contributed by atoms with E-state index in [2.05, 4.69) is 5.32 Å². The van der Waals surface area contributed by atoms with Crippen molar-refractivity contribution in [2.45, 2.75) is 76.7 Å². The van der Waals surface area contributed by atoms with E-state index in [0.717, 1.165) is 47.9 Å². The van der Waals surface area contributed by atoms with Gasteiger partial charge in [-0.1, -0.05) is 73.7 Å². The van der Waals surface area contributed by atoms with Gasteiger partial charge in [0, 0.05) is 12.6 Å². The molecule has 1 saturated carbocycles. The van der Waals surface area contributed by atoms with Crippen LogP contribution >= 0.6 is 0 Å². The van der Waals surface area contributed by atoms with E-state index in [1.54, 1.807) is 0 Å². The zero-order chi connectivity index (χ0) is 23.1. The van der Waals surface area contributed by atoms with Gasteiger partial charge in [0.15, 0.2) is 0 Å².